The van der Waals surface area contributed by atoms with Crippen molar-refractivity contribution in [3.8, 4) is 0 Å². The average Bonchev–Trinajstić information content (AvgIpc) is 3.14. The molecular weight excluding hydrogens is 479 g/mol. The summed E-state index contributed by atoms with van der Waals surface area (Å²) in [5, 5.41) is 2.99. The van der Waals surface area contributed by atoms with E-state index in [0.29, 0.717) is 6.54 Å². The van der Waals surface area contributed by atoms with Gasteiger partial charge in [-0.1, -0.05) is 36.2 Å². The number of nitrogens with one attached hydrogen (secondary N) is 1. The molecule has 1 aliphatic heterocycles. The molecule has 0 saturated carbocycles. The van der Waals surface area contributed by atoms with Crippen LogP contribution < -0.4 is 10.2 Å². The first-order valence-electron chi connectivity index (χ1n) is 9.93. The number of alkyl halides is 6. The van der Waals surface area contributed by atoms with E-state index in [-0.39, 0.29) is 46.5 Å². The summed E-state index contributed by atoms with van der Waals surface area (Å²) in [5.74, 6) is -0.157. The van der Waals surface area contributed by atoms with Crippen LogP contribution in [0.25, 0.3) is 0 Å². The van der Waals surface area contributed by atoms with E-state index in [1.807, 2.05) is 6.92 Å². The normalized spacial score (nSPS) is 19.6. The van der Waals surface area contributed by atoms with Crippen molar-refractivity contribution in [2.45, 2.75) is 44.1 Å². The largest absolute Gasteiger partial charge is 0.433 e. The van der Waals surface area contributed by atoms with Crippen molar-refractivity contribution < 1.29 is 26.3 Å². The minimum atomic E-state index is -4.74. The quantitative estimate of drug-likeness (QED) is 0.357. The monoisotopic (exact) mass is 499 g/mol. The molecule has 0 amide bonds. The molecule has 1 aromatic heterocycles. The molecule has 1 aliphatic rings. The van der Waals surface area contributed by atoms with Gasteiger partial charge in [0, 0.05) is 29.7 Å². The summed E-state index contributed by atoms with van der Waals surface area (Å²) in [6, 6.07) is 6.31. The molecule has 3 nitrogen and oxygen atoms in total. The number of anilines is 1. The lowest BCUT2D eigenvalue weighted by atomic mass is 9.79. The lowest BCUT2D eigenvalue weighted by Crippen LogP contribution is -2.45. The minimum absolute atomic E-state index is 0.0382. The Labute approximate surface area is 191 Å². The highest BCUT2D eigenvalue weighted by Gasteiger charge is 2.59. The third-order valence-corrected chi connectivity index (χ3v) is 5.96. The van der Waals surface area contributed by atoms with Gasteiger partial charge in [-0.2, -0.15) is 26.3 Å². The standard InChI is InChI=1S/C21H21Cl2F6N3/c1-2-6-30-11-13-3-4-17(31-18(13)20(24,25)26)32-7-5-19(12-32,21(27,28)29)14-8-15(22)10-16(23)9-14/h3-4,8-10,30H,2,5-7,11-12H2,1H3. The van der Waals surface area contributed by atoms with Crippen LogP contribution in [0.4, 0.5) is 32.2 Å². The molecule has 1 saturated heterocycles. The van der Waals surface area contributed by atoms with Gasteiger partial charge in [0.1, 0.15) is 11.2 Å². The second kappa shape index (κ2) is 9.27. The topological polar surface area (TPSA) is 28.2 Å². The Morgan fingerprint density at radius 3 is 2.28 bits per heavy atom. The van der Waals surface area contributed by atoms with Crippen LogP contribution in [0.3, 0.4) is 0 Å². The van der Waals surface area contributed by atoms with E-state index in [9.17, 15) is 26.3 Å². The molecule has 2 aromatic rings. The Balaban J connectivity index is 1.97. The summed E-state index contributed by atoms with van der Waals surface area (Å²) in [7, 11) is 0. The van der Waals surface area contributed by atoms with Crippen molar-refractivity contribution >= 4 is 29.0 Å². The third kappa shape index (κ3) is 5.10. The maximum absolute atomic E-state index is 14.2. The molecule has 0 bridgehead atoms. The number of halogens is 8. The van der Waals surface area contributed by atoms with Crippen molar-refractivity contribution in [3.63, 3.8) is 0 Å². The van der Waals surface area contributed by atoms with Gasteiger partial charge in [-0.3, -0.25) is 0 Å². The molecule has 0 radical (unpaired) electrons. The zero-order valence-electron chi connectivity index (χ0n) is 17.0. The Morgan fingerprint density at radius 1 is 1.06 bits per heavy atom. The molecule has 0 aliphatic carbocycles. The van der Waals surface area contributed by atoms with E-state index in [4.69, 9.17) is 23.2 Å². The highest BCUT2D eigenvalue weighted by Crippen LogP contribution is 2.49. The minimum Gasteiger partial charge on any atom is -0.355 e. The van der Waals surface area contributed by atoms with Gasteiger partial charge in [0.15, 0.2) is 5.69 Å². The van der Waals surface area contributed by atoms with Gasteiger partial charge in [-0.05, 0) is 54.8 Å². The highest BCUT2D eigenvalue weighted by atomic mass is 35.5. The Hall–Kier alpha value is -1.71. The van der Waals surface area contributed by atoms with Crippen molar-refractivity contribution in [3.05, 3.63) is 57.2 Å². The molecule has 0 spiro atoms. The smallest absolute Gasteiger partial charge is 0.355 e. The Morgan fingerprint density at radius 2 is 1.72 bits per heavy atom. The Bertz CT molecular complexity index is 943. The Kier molecular flexibility index (Phi) is 7.22. The number of hydrogen-bond donors (Lipinski definition) is 1. The fraction of sp³-hybridized carbons (Fsp3) is 0.476. The van der Waals surface area contributed by atoms with Crippen LogP contribution in [0.5, 0.6) is 0 Å². The lowest BCUT2D eigenvalue weighted by Gasteiger charge is -2.33. The number of pyridine rings is 1. The zero-order valence-corrected chi connectivity index (χ0v) is 18.6. The SMILES string of the molecule is CCCNCc1ccc(N2CCC(c3cc(Cl)cc(Cl)c3)(C(F)(F)F)C2)nc1C(F)(F)F. The molecule has 32 heavy (non-hydrogen) atoms. The molecule has 1 atom stereocenters. The van der Waals surface area contributed by atoms with Gasteiger partial charge in [-0.15, -0.1) is 0 Å². The van der Waals surface area contributed by atoms with Crippen LogP contribution in [-0.4, -0.2) is 30.8 Å². The summed E-state index contributed by atoms with van der Waals surface area (Å²) in [5.41, 5.74) is -3.61. The van der Waals surface area contributed by atoms with Gasteiger partial charge in [0.2, 0.25) is 0 Å². The first-order chi connectivity index (χ1) is 14.9. The summed E-state index contributed by atoms with van der Waals surface area (Å²) in [6.07, 6.45) is -9.03. The van der Waals surface area contributed by atoms with E-state index in [1.54, 1.807) is 0 Å². The molecule has 11 heteroatoms. The van der Waals surface area contributed by atoms with Crippen LogP contribution in [0.2, 0.25) is 10.0 Å². The van der Waals surface area contributed by atoms with Crippen molar-refractivity contribution in [1.29, 1.82) is 0 Å². The van der Waals surface area contributed by atoms with Crippen LogP contribution in [0, 0.1) is 0 Å². The van der Waals surface area contributed by atoms with Gasteiger partial charge in [0.05, 0.1) is 0 Å². The number of aromatic nitrogens is 1. The summed E-state index contributed by atoms with van der Waals surface area (Å²) >= 11 is 11.9. The number of nitrogens with zero attached hydrogens (tertiary/aromatic N) is 2. The maximum atomic E-state index is 14.2. The molecule has 1 N–H and O–H groups in total. The maximum Gasteiger partial charge on any atom is 0.433 e. The summed E-state index contributed by atoms with van der Waals surface area (Å²) in [4.78, 5) is 4.95. The molecular formula is C21H21Cl2F6N3. The van der Waals surface area contributed by atoms with Gasteiger partial charge in [0.25, 0.3) is 0 Å². The molecule has 3 rings (SSSR count). The lowest BCUT2D eigenvalue weighted by molar-refractivity contribution is -0.184. The van der Waals surface area contributed by atoms with Crippen molar-refractivity contribution in [1.82, 2.24) is 10.3 Å². The first kappa shape index (κ1) is 24.9. The fourth-order valence-corrected chi connectivity index (χ4v) is 4.43. The third-order valence-electron chi connectivity index (χ3n) is 5.53. The molecule has 1 unspecified atom stereocenters. The van der Waals surface area contributed by atoms with E-state index in [1.165, 1.54) is 35.2 Å². The fourth-order valence-electron chi connectivity index (χ4n) is 3.91. The summed E-state index contributed by atoms with van der Waals surface area (Å²) < 4.78 is 83.5. The predicted octanol–water partition coefficient (Wildman–Crippen LogP) is 6.62. The molecule has 1 aromatic carbocycles. The highest BCUT2D eigenvalue weighted by molar-refractivity contribution is 6.34. The predicted molar refractivity (Wildman–Crippen MR) is 112 cm³/mol. The number of benzene rings is 1. The van der Waals surface area contributed by atoms with Crippen LogP contribution in [-0.2, 0) is 18.1 Å². The second-order valence-corrected chi connectivity index (χ2v) is 8.63. The van der Waals surface area contributed by atoms with Crippen LogP contribution in [0.15, 0.2) is 30.3 Å². The van der Waals surface area contributed by atoms with E-state index in [2.05, 4.69) is 10.3 Å². The van der Waals surface area contributed by atoms with Gasteiger partial charge < -0.3 is 10.2 Å². The van der Waals surface area contributed by atoms with E-state index >= 15 is 0 Å². The number of rotatable bonds is 6. The number of hydrogen-bond acceptors (Lipinski definition) is 3. The second-order valence-electron chi connectivity index (χ2n) is 7.76. The van der Waals surface area contributed by atoms with E-state index in [0.717, 1.165) is 6.42 Å². The van der Waals surface area contributed by atoms with Gasteiger partial charge >= 0.3 is 12.4 Å². The van der Waals surface area contributed by atoms with Crippen LogP contribution >= 0.6 is 23.2 Å². The van der Waals surface area contributed by atoms with E-state index < -0.39 is 30.0 Å². The van der Waals surface area contributed by atoms with Crippen LogP contribution in [0.1, 0.15) is 36.6 Å². The first-order valence-corrected chi connectivity index (χ1v) is 10.7. The van der Waals surface area contributed by atoms with Crippen molar-refractivity contribution in [2.75, 3.05) is 24.5 Å². The average molecular weight is 500 g/mol. The molecule has 1 fully saturated rings. The summed E-state index contributed by atoms with van der Waals surface area (Å²) in [6.45, 7) is 1.66. The van der Waals surface area contributed by atoms with Gasteiger partial charge in [-0.25, -0.2) is 4.98 Å². The molecule has 176 valence electrons. The zero-order chi connectivity index (χ0) is 23.7. The van der Waals surface area contributed by atoms with Crippen molar-refractivity contribution in [2.24, 2.45) is 0 Å². The molecule has 2 heterocycles.